The number of benzene rings is 1. The van der Waals surface area contributed by atoms with Crippen molar-refractivity contribution < 1.29 is 14.2 Å². The zero-order valence-electron chi connectivity index (χ0n) is 11.2. The van der Waals surface area contributed by atoms with Crippen LogP contribution in [-0.2, 0) is 11.2 Å². The molecule has 1 aromatic carbocycles. The van der Waals surface area contributed by atoms with Gasteiger partial charge in [0.2, 0.25) is 0 Å². The molecule has 106 valence electrons. The second-order valence-electron chi connectivity index (χ2n) is 5.29. The van der Waals surface area contributed by atoms with E-state index in [1.165, 1.54) is 18.6 Å². The van der Waals surface area contributed by atoms with E-state index in [1.807, 2.05) is 0 Å². The monoisotopic (exact) mass is 330 g/mol. The van der Waals surface area contributed by atoms with Crippen LogP contribution in [0.25, 0.3) is 0 Å². The summed E-state index contributed by atoms with van der Waals surface area (Å²) in [6, 6.07) is 4.57. The molecule has 0 bridgehead atoms. The Bertz CT molecular complexity index is 430. The first kappa shape index (κ1) is 14.9. The summed E-state index contributed by atoms with van der Waals surface area (Å²) in [4.78, 5) is 0. The number of halogens is 2. The molecule has 1 N–H and O–H groups in total. The molecule has 0 aliphatic heterocycles. The molecule has 0 heterocycles. The summed E-state index contributed by atoms with van der Waals surface area (Å²) in [6.07, 6.45) is 5.10. The highest BCUT2D eigenvalue weighted by molar-refractivity contribution is 9.10. The molecular weight excluding hydrogens is 311 g/mol. The van der Waals surface area contributed by atoms with E-state index < -0.39 is 11.7 Å². The van der Waals surface area contributed by atoms with Gasteiger partial charge in [0.15, 0.2) is 0 Å². The molecule has 0 radical (unpaired) electrons. The van der Waals surface area contributed by atoms with Crippen LogP contribution in [0.3, 0.4) is 0 Å². The van der Waals surface area contributed by atoms with E-state index in [0.717, 1.165) is 31.2 Å². The number of methoxy groups -OCH3 is 1. The molecule has 1 fully saturated rings. The number of hydrogen-bond donors (Lipinski definition) is 1. The fraction of sp³-hybridized carbons (Fsp3) is 0.600. The Morgan fingerprint density at radius 1 is 1.37 bits per heavy atom. The maximum Gasteiger partial charge on any atom is 0.124 e. The van der Waals surface area contributed by atoms with Crippen molar-refractivity contribution in [1.29, 1.82) is 0 Å². The summed E-state index contributed by atoms with van der Waals surface area (Å²) in [6.45, 7) is 0. The van der Waals surface area contributed by atoms with E-state index in [9.17, 15) is 9.50 Å². The minimum absolute atomic E-state index is 0.274. The Morgan fingerprint density at radius 2 is 2.05 bits per heavy atom. The molecule has 1 aliphatic rings. The van der Waals surface area contributed by atoms with E-state index in [2.05, 4.69) is 15.9 Å². The first-order valence-electron chi connectivity index (χ1n) is 6.74. The number of hydrogen-bond acceptors (Lipinski definition) is 2. The van der Waals surface area contributed by atoms with Crippen LogP contribution in [-0.4, -0.2) is 23.9 Å². The zero-order chi connectivity index (χ0) is 13.9. The summed E-state index contributed by atoms with van der Waals surface area (Å²) >= 11 is 3.35. The van der Waals surface area contributed by atoms with Crippen LogP contribution in [0.2, 0.25) is 0 Å². The smallest absolute Gasteiger partial charge is 0.124 e. The van der Waals surface area contributed by atoms with Gasteiger partial charge in [-0.3, -0.25) is 0 Å². The summed E-state index contributed by atoms with van der Waals surface area (Å²) in [5, 5.41) is 10.5. The molecule has 1 atom stereocenters. The molecule has 1 saturated carbocycles. The Labute approximate surface area is 122 Å². The van der Waals surface area contributed by atoms with Gasteiger partial charge < -0.3 is 9.84 Å². The molecule has 4 heteroatoms. The fourth-order valence-corrected chi connectivity index (χ4v) is 3.42. The highest BCUT2D eigenvalue weighted by Crippen LogP contribution is 2.36. The Hall–Kier alpha value is -0.450. The largest absolute Gasteiger partial charge is 0.390 e. The standard InChI is InChI=1S/C15H20BrFO2/c1-19-15(7-3-2-4-8-15)14(18)9-11-5-6-12(17)10-13(11)16/h5-6,10,14,18H,2-4,7-9H2,1H3. The molecular formula is C15H20BrFO2. The topological polar surface area (TPSA) is 29.5 Å². The van der Waals surface area contributed by atoms with Crippen molar-refractivity contribution in [3.63, 3.8) is 0 Å². The summed E-state index contributed by atoms with van der Waals surface area (Å²) in [5.74, 6) is -0.274. The van der Waals surface area contributed by atoms with E-state index in [1.54, 1.807) is 13.2 Å². The summed E-state index contributed by atoms with van der Waals surface area (Å²) in [5.41, 5.74) is 0.474. The minimum atomic E-state index is -0.556. The highest BCUT2D eigenvalue weighted by Gasteiger charge is 2.39. The number of rotatable bonds is 4. The maximum atomic E-state index is 13.1. The van der Waals surface area contributed by atoms with E-state index in [-0.39, 0.29) is 5.82 Å². The molecule has 19 heavy (non-hydrogen) atoms. The second-order valence-corrected chi connectivity index (χ2v) is 6.14. The van der Waals surface area contributed by atoms with Gasteiger partial charge in [0, 0.05) is 18.0 Å². The molecule has 0 saturated heterocycles. The lowest BCUT2D eigenvalue weighted by Gasteiger charge is -2.40. The molecule has 0 aromatic heterocycles. The van der Waals surface area contributed by atoms with Crippen molar-refractivity contribution in [2.24, 2.45) is 0 Å². The van der Waals surface area contributed by atoms with E-state index in [0.29, 0.717) is 10.9 Å². The Balaban J connectivity index is 2.12. The van der Waals surface area contributed by atoms with Gasteiger partial charge >= 0.3 is 0 Å². The first-order chi connectivity index (χ1) is 9.07. The highest BCUT2D eigenvalue weighted by atomic mass is 79.9. The van der Waals surface area contributed by atoms with Crippen molar-refractivity contribution in [2.75, 3.05) is 7.11 Å². The van der Waals surface area contributed by atoms with Gasteiger partial charge in [0.1, 0.15) is 5.82 Å². The lowest BCUT2D eigenvalue weighted by atomic mass is 9.78. The third-order valence-electron chi connectivity index (χ3n) is 4.14. The van der Waals surface area contributed by atoms with Crippen molar-refractivity contribution >= 4 is 15.9 Å². The average molecular weight is 331 g/mol. The summed E-state index contributed by atoms with van der Waals surface area (Å²) < 4.78 is 19.4. The van der Waals surface area contributed by atoms with Crippen LogP contribution >= 0.6 is 15.9 Å². The third-order valence-corrected chi connectivity index (χ3v) is 4.88. The van der Waals surface area contributed by atoms with Crippen LogP contribution in [0.5, 0.6) is 0 Å². The normalized spacial score (nSPS) is 20.2. The third kappa shape index (κ3) is 3.36. The van der Waals surface area contributed by atoms with Crippen LogP contribution < -0.4 is 0 Å². The number of ether oxygens (including phenoxy) is 1. The van der Waals surface area contributed by atoms with Gasteiger partial charge in [-0.2, -0.15) is 0 Å². The van der Waals surface area contributed by atoms with Gasteiger partial charge in [-0.05, 0) is 30.5 Å². The molecule has 0 spiro atoms. The average Bonchev–Trinajstić information content (AvgIpc) is 2.42. The van der Waals surface area contributed by atoms with Crippen molar-refractivity contribution in [3.8, 4) is 0 Å². The predicted molar refractivity (Wildman–Crippen MR) is 76.6 cm³/mol. The minimum Gasteiger partial charge on any atom is -0.390 e. The van der Waals surface area contributed by atoms with Crippen molar-refractivity contribution in [1.82, 2.24) is 0 Å². The predicted octanol–water partition coefficient (Wildman–Crippen LogP) is 3.84. The zero-order valence-corrected chi connectivity index (χ0v) is 12.7. The number of aliphatic hydroxyl groups is 1. The van der Waals surface area contributed by atoms with Crippen molar-refractivity contribution in [3.05, 3.63) is 34.1 Å². The second kappa shape index (κ2) is 6.33. The van der Waals surface area contributed by atoms with Crippen LogP contribution in [0.1, 0.15) is 37.7 Å². The Morgan fingerprint density at radius 3 is 2.63 bits per heavy atom. The van der Waals surface area contributed by atoms with Gasteiger partial charge in [-0.1, -0.05) is 41.3 Å². The van der Waals surface area contributed by atoms with Crippen LogP contribution in [0, 0.1) is 5.82 Å². The van der Waals surface area contributed by atoms with E-state index in [4.69, 9.17) is 4.74 Å². The van der Waals surface area contributed by atoms with E-state index >= 15 is 0 Å². The molecule has 0 amide bonds. The quantitative estimate of drug-likeness (QED) is 0.908. The first-order valence-corrected chi connectivity index (χ1v) is 7.54. The van der Waals surface area contributed by atoms with Crippen LogP contribution in [0.4, 0.5) is 4.39 Å². The number of aliphatic hydroxyl groups excluding tert-OH is 1. The fourth-order valence-electron chi connectivity index (χ4n) is 2.91. The molecule has 1 aliphatic carbocycles. The molecule has 1 unspecified atom stereocenters. The van der Waals surface area contributed by atoms with Crippen LogP contribution in [0.15, 0.2) is 22.7 Å². The van der Waals surface area contributed by atoms with Crippen molar-refractivity contribution in [2.45, 2.75) is 50.2 Å². The SMILES string of the molecule is COC1(C(O)Cc2ccc(F)cc2Br)CCCCC1. The molecule has 2 rings (SSSR count). The molecule has 2 nitrogen and oxygen atoms in total. The van der Waals surface area contributed by atoms with Gasteiger partial charge in [0.25, 0.3) is 0 Å². The van der Waals surface area contributed by atoms with Gasteiger partial charge in [-0.15, -0.1) is 0 Å². The lowest BCUT2D eigenvalue weighted by molar-refractivity contribution is -0.122. The molecule has 1 aromatic rings. The van der Waals surface area contributed by atoms with Gasteiger partial charge in [-0.25, -0.2) is 4.39 Å². The summed E-state index contributed by atoms with van der Waals surface area (Å²) in [7, 11) is 1.67. The van der Waals surface area contributed by atoms with Gasteiger partial charge in [0.05, 0.1) is 11.7 Å². The maximum absolute atomic E-state index is 13.1. The lowest BCUT2D eigenvalue weighted by Crippen LogP contribution is -2.46. The Kier molecular flexibility index (Phi) is 4.98.